The molecule has 7 rings (SSSR count). The SMILES string of the molecule is CCNCC.Cn1nc(CN2CCOCC2)c2c1COCC=CCn1c(C(=O)O)c(CCCOc3cccc4ccccc34)c3cccc-2c31. The zero-order chi connectivity index (χ0) is 34.9. The van der Waals surface area contributed by atoms with Crippen molar-refractivity contribution in [1.29, 1.82) is 0 Å². The zero-order valence-corrected chi connectivity index (χ0v) is 29.5. The molecule has 10 heteroatoms. The van der Waals surface area contributed by atoms with Gasteiger partial charge >= 0.3 is 5.97 Å². The third-order valence-corrected chi connectivity index (χ3v) is 9.36. The Bertz CT molecular complexity index is 1930. The average molecular weight is 680 g/mol. The first-order chi connectivity index (χ1) is 24.5. The van der Waals surface area contributed by atoms with Crippen LogP contribution >= 0.6 is 0 Å². The topological polar surface area (TPSA) is 103 Å². The smallest absolute Gasteiger partial charge is 0.352 e. The van der Waals surface area contributed by atoms with Crippen molar-refractivity contribution in [2.24, 2.45) is 7.05 Å². The maximum Gasteiger partial charge on any atom is 0.352 e. The predicted molar refractivity (Wildman–Crippen MR) is 198 cm³/mol. The number of morpholine rings is 1. The van der Waals surface area contributed by atoms with Crippen LogP contribution in [-0.2, 0) is 42.6 Å². The van der Waals surface area contributed by atoms with E-state index in [1.165, 1.54) is 0 Å². The van der Waals surface area contributed by atoms with Gasteiger partial charge in [0.1, 0.15) is 11.4 Å². The van der Waals surface area contributed by atoms with Gasteiger partial charge in [0.15, 0.2) is 0 Å². The highest BCUT2D eigenvalue weighted by atomic mass is 16.5. The molecule has 2 aromatic heterocycles. The van der Waals surface area contributed by atoms with Gasteiger partial charge in [0.05, 0.1) is 49.9 Å². The first kappa shape index (κ1) is 35.3. The summed E-state index contributed by atoms with van der Waals surface area (Å²) in [5.74, 6) is -0.0865. The van der Waals surface area contributed by atoms with Gasteiger partial charge in [-0.1, -0.05) is 80.6 Å². The van der Waals surface area contributed by atoms with Crippen molar-refractivity contribution in [2.45, 2.75) is 46.4 Å². The molecule has 0 radical (unpaired) electrons. The molecule has 1 saturated heterocycles. The number of fused-ring (bicyclic) bond motifs is 3. The summed E-state index contributed by atoms with van der Waals surface area (Å²) in [6, 6.07) is 20.4. The van der Waals surface area contributed by atoms with E-state index in [9.17, 15) is 9.90 Å². The van der Waals surface area contributed by atoms with Gasteiger partial charge in [-0.3, -0.25) is 9.58 Å². The number of carboxylic acids is 1. The van der Waals surface area contributed by atoms with Gasteiger partial charge in [-0.2, -0.15) is 5.10 Å². The first-order valence-electron chi connectivity index (χ1n) is 17.8. The molecule has 50 heavy (non-hydrogen) atoms. The number of carbonyl (C=O) groups is 1. The van der Waals surface area contributed by atoms with Crippen molar-refractivity contribution in [3.8, 4) is 16.9 Å². The third-order valence-electron chi connectivity index (χ3n) is 9.36. The minimum absolute atomic E-state index is 0.326. The van der Waals surface area contributed by atoms with Gasteiger partial charge in [0, 0.05) is 55.1 Å². The Hall–Kier alpha value is -4.48. The lowest BCUT2D eigenvalue weighted by Crippen LogP contribution is -2.35. The highest BCUT2D eigenvalue weighted by molar-refractivity contribution is 6.04. The molecule has 1 fully saturated rings. The summed E-state index contributed by atoms with van der Waals surface area (Å²) < 4.78 is 21.8. The van der Waals surface area contributed by atoms with E-state index in [0.29, 0.717) is 64.7 Å². The maximum atomic E-state index is 13.0. The van der Waals surface area contributed by atoms with Crippen molar-refractivity contribution < 1.29 is 24.1 Å². The van der Waals surface area contributed by atoms with Crippen LogP contribution in [0.1, 0.15) is 47.7 Å². The second-order valence-electron chi connectivity index (χ2n) is 12.6. The number of para-hydroxylation sites is 1. The van der Waals surface area contributed by atoms with Crippen LogP contribution in [0.2, 0.25) is 0 Å². The van der Waals surface area contributed by atoms with Gasteiger partial charge in [0.25, 0.3) is 0 Å². The van der Waals surface area contributed by atoms with Crippen LogP contribution in [0.3, 0.4) is 0 Å². The molecular weight excluding hydrogens is 630 g/mol. The molecule has 264 valence electrons. The lowest BCUT2D eigenvalue weighted by Gasteiger charge is -2.26. The van der Waals surface area contributed by atoms with Crippen LogP contribution in [-0.4, -0.2) is 82.9 Å². The molecule has 2 N–H and O–H groups in total. The monoisotopic (exact) mass is 679 g/mol. The number of nitrogens with zero attached hydrogens (tertiary/aromatic N) is 4. The second-order valence-corrected chi connectivity index (χ2v) is 12.6. The summed E-state index contributed by atoms with van der Waals surface area (Å²) in [4.78, 5) is 15.3. The molecule has 4 heterocycles. The molecular formula is C40H49N5O5. The Morgan fingerprint density at radius 2 is 1.72 bits per heavy atom. The number of hydrogen-bond donors (Lipinski definition) is 2. The minimum Gasteiger partial charge on any atom is -0.493 e. The molecule has 0 saturated carbocycles. The number of aromatic carboxylic acids is 1. The lowest BCUT2D eigenvalue weighted by molar-refractivity contribution is 0.0336. The second kappa shape index (κ2) is 17.0. The number of hydrogen-bond acceptors (Lipinski definition) is 7. The zero-order valence-electron chi connectivity index (χ0n) is 29.5. The standard InChI is InChI=1S/C36H38N4O5.C4H11N/c1-38-31-24-44-19-5-4-16-40-34-27(12-7-13-29(34)33(31)30(37-38)23-39-17-21-43-22-18-39)28(35(40)36(41)42)14-8-20-45-32-15-6-10-25-9-2-3-11-26(25)32;1-3-5-4-2/h2-7,9-13,15H,8,14,16-24H2,1H3,(H,41,42);5H,3-4H2,1-2H3. The summed E-state index contributed by atoms with van der Waals surface area (Å²) in [6.45, 7) is 11.9. The predicted octanol–water partition coefficient (Wildman–Crippen LogP) is 6.44. The van der Waals surface area contributed by atoms with E-state index < -0.39 is 5.97 Å². The largest absolute Gasteiger partial charge is 0.493 e. The number of ether oxygens (including phenoxy) is 3. The number of benzene rings is 3. The molecule has 0 spiro atoms. The lowest BCUT2D eigenvalue weighted by atomic mass is 9.97. The molecule has 0 bridgehead atoms. The Kier molecular flexibility index (Phi) is 12.0. The Morgan fingerprint density at radius 3 is 2.50 bits per heavy atom. The van der Waals surface area contributed by atoms with E-state index in [1.54, 1.807) is 0 Å². The molecule has 0 unspecified atom stereocenters. The number of aromatic nitrogens is 3. The van der Waals surface area contributed by atoms with Gasteiger partial charge in [-0.25, -0.2) is 4.79 Å². The van der Waals surface area contributed by atoms with Crippen molar-refractivity contribution in [1.82, 2.24) is 24.6 Å². The van der Waals surface area contributed by atoms with Crippen molar-refractivity contribution >= 4 is 27.6 Å². The number of allylic oxidation sites excluding steroid dienone is 1. The van der Waals surface area contributed by atoms with Crippen LogP contribution in [0.25, 0.3) is 32.8 Å². The first-order valence-corrected chi connectivity index (χ1v) is 17.8. The van der Waals surface area contributed by atoms with E-state index in [0.717, 1.165) is 81.7 Å². The van der Waals surface area contributed by atoms with Crippen molar-refractivity contribution in [3.05, 3.63) is 95.5 Å². The molecule has 0 atom stereocenters. The van der Waals surface area contributed by atoms with E-state index in [-0.39, 0.29) is 0 Å². The van der Waals surface area contributed by atoms with Crippen LogP contribution in [0.5, 0.6) is 5.75 Å². The van der Waals surface area contributed by atoms with E-state index in [1.807, 2.05) is 58.8 Å². The normalized spacial score (nSPS) is 14.9. The fourth-order valence-electron chi connectivity index (χ4n) is 7.01. The van der Waals surface area contributed by atoms with Crippen molar-refractivity contribution in [3.63, 3.8) is 0 Å². The summed E-state index contributed by atoms with van der Waals surface area (Å²) in [5, 5.41) is 21.9. The molecule has 2 aliphatic rings. The number of nitrogens with one attached hydrogen (secondary N) is 1. The maximum absolute atomic E-state index is 13.0. The van der Waals surface area contributed by atoms with E-state index >= 15 is 0 Å². The average Bonchev–Trinajstić information content (AvgIpc) is 3.60. The van der Waals surface area contributed by atoms with E-state index in [2.05, 4.69) is 54.4 Å². The van der Waals surface area contributed by atoms with Crippen LogP contribution < -0.4 is 10.1 Å². The summed E-state index contributed by atoms with van der Waals surface area (Å²) >= 11 is 0. The number of carboxylic acid groups (broad SMARTS) is 1. The fraction of sp³-hybridized carbons (Fsp3) is 0.400. The van der Waals surface area contributed by atoms with Gasteiger partial charge in [0.2, 0.25) is 0 Å². The molecule has 0 aliphatic carbocycles. The summed E-state index contributed by atoms with van der Waals surface area (Å²) in [6.07, 6.45) is 5.22. The van der Waals surface area contributed by atoms with Gasteiger partial charge < -0.3 is 29.2 Å². The van der Waals surface area contributed by atoms with Gasteiger partial charge in [-0.15, -0.1) is 0 Å². The van der Waals surface area contributed by atoms with E-state index in [4.69, 9.17) is 19.3 Å². The highest BCUT2D eigenvalue weighted by Crippen LogP contribution is 2.39. The van der Waals surface area contributed by atoms with Crippen molar-refractivity contribution in [2.75, 3.05) is 52.6 Å². The Morgan fingerprint density at radius 1 is 0.960 bits per heavy atom. The summed E-state index contributed by atoms with van der Waals surface area (Å²) in [7, 11) is 1.96. The van der Waals surface area contributed by atoms with Crippen LogP contribution in [0.4, 0.5) is 0 Å². The molecule has 3 aromatic carbocycles. The third kappa shape index (κ3) is 7.79. The van der Waals surface area contributed by atoms with Crippen LogP contribution in [0, 0.1) is 0 Å². The molecule has 0 amide bonds. The molecule has 2 aliphatic heterocycles. The molecule has 5 aromatic rings. The summed E-state index contributed by atoms with van der Waals surface area (Å²) in [5.41, 5.74) is 6.04. The fourth-order valence-corrected chi connectivity index (χ4v) is 7.01. The Balaban J connectivity index is 0.000000808. The number of aryl methyl sites for hydroxylation is 2. The minimum atomic E-state index is -0.929. The quantitative estimate of drug-likeness (QED) is 0.129. The van der Waals surface area contributed by atoms with Crippen LogP contribution in [0.15, 0.2) is 72.8 Å². The molecule has 10 nitrogen and oxygen atoms in total. The van der Waals surface area contributed by atoms with Gasteiger partial charge in [-0.05, 0) is 42.9 Å². The highest BCUT2D eigenvalue weighted by Gasteiger charge is 2.28. The Labute approximate surface area is 294 Å². The number of rotatable bonds is 10.